The highest BCUT2D eigenvalue weighted by Gasteiger charge is 2.27. The maximum Gasteiger partial charge on any atom is 0.239 e. The van der Waals surface area contributed by atoms with Gasteiger partial charge in [0.15, 0.2) is 0 Å². The molecular formula is C24H21NO3S. The summed E-state index contributed by atoms with van der Waals surface area (Å²) in [6.07, 6.45) is 0. The zero-order chi connectivity index (χ0) is 20.4. The lowest BCUT2D eigenvalue weighted by atomic mass is 10.1. The van der Waals surface area contributed by atoms with E-state index in [2.05, 4.69) is 0 Å². The van der Waals surface area contributed by atoms with Gasteiger partial charge in [-0.25, -0.2) is 8.42 Å². The molecule has 0 aliphatic carbocycles. The molecule has 4 aromatic rings. The molecule has 0 aliphatic rings. The van der Waals surface area contributed by atoms with E-state index in [1.165, 1.54) is 0 Å². The predicted molar refractivity (Wildman–Crippen MR) is 115 cm³/mol. The predicted octanol–water partition coefficient (Wildman–Crippen LogP) is 5.86. The molecule has 0 fully saturated rings. The Morgan fingerprint density at radius 3 is 2.00 bits per heavy atom. The highest BCUT2D eigenvalue weighted by Crippen LogP contribution is 2.39. The van der Waals surface area contributed by atoms with Crippen LogP contribution in [0.5, 0.6) is 0 Å². The molecule has 0 saturated heterocycles. The fraction of sp³-hybridized carbons (Fsp3) is 0.0833. The average Bonchev–Trinajstić information content (AvgIpc) is 3.21. The average molecular weight is 404 g/mol. The maximum absolute atomic E-state index is 13.2. The first kappa shape index (κ1) is 19.0. The molecular weight excluding hydrogens is 382 g/mol. The second-order valence-corrected chi connectivity index (χ2v) is 8.74. The third-order valence-corrected chi connectivity index (χ3v) is 6.44. The van der Waals surface area contributed by atoms with Crippen LogP contribution in [0, 0.1) is 6.92 Å². The van der Waals surface area contributed by atoms with Gasteiger partial charge in [0.05, 0.1) is 4.90 Å². The van der Waals surface area contributed by atoms with Gasteiger partial charge in [-0.3, -0.25) is 0 Å². The molecule has 0 aliphatic heterocycles. The third kappa shape index (κ3) is 3.69. The minimum atomic E-state index is -3.77. The van der Waals surface area contributed by atoms with Crippen molar-refractivity contribution < 1.29 is 12.8 Å². The molecule has 5 heteroatoms. The van der Waals surface area contributed by atoms with E-state index in [0.29, 0.717) is 5.88 Å². The van der Waals surface area contributed by atoms with Crippen LogP contribution in [0.15, 0.2) is 105 Å². The molecule has 0 spiro atoms. The Morgan fingerprint density at radius 2 is 1.38 bits per heavy atom. The molecule has 4 nitrogen and oxygen atoms in total. The van der Waals surface area contributed by atoms with Crippen molar-refractivity contribution in [2.75, 3.05) is 11.9 Å². The molecule has 0 N–H and O–H groups in total. The van der Waals surface area contributed by atoms with Crippen LogP contribution in [0.2, 0.25) is 0 Å². The summed E-state index contributed by atoms with van der Waals surface area (Å²) in [5.74, 6) is 0.480. The van der Waals surface area contributed by atoms with Crippen molar-refractivity contribution in [3.8, 4) is 11.1 Å². The van der Waals surface area contributed by atoms with Gasteiger partial charge in [0.2, 0.25) is 20.8 Å². The number of nitrogens with zero attached hydrogens (tertiary/aromatic N) is 1. The number of benzene rings is 3. The van der Waals surface area contributed by atoms with E-state index in [1.54, 1.807) is 30.3 Å². The minimum absolute atomic E-state index is 0.0713. The van der Waals surface area contributed by atoms with Crippen molar-refractivity contribution >= 4 is 21.4 Å². The minimum Gasteiger partial charge on any atom is -0.428 e. The van der Waals surface area contributed by atoms with E-state index in [4.69, 9.17) is 4.42 Å². The lowest BCUT2D eigenvalue weighted by molar-refractivity contribution is 0.455. The van der Waals surface area contributed by atoms with Crippen LogP contribution in [-0.2, 0) is 9.84 Å². The van der Waals surface area contributed by atoms with Crippen LogP contribution >= 0.6 is 0 Å². The summed E-state index contributed by atoms with van der Waals surface area (Å²) in [5, 5.41) is -0.0713. The molecule has 29 heavy (non-hydrogen) atoms. The summed E-state index contributed by atoms with van der Waals surface area (Å²) in [4.78, 5) is 2.07. The summed E-state index contributed by atoms with van der Waals surface area (Å²) in [6, 6.07) is 27.7. The van der Waals surface area contributed by atoms with Crippen LogP contribution in [0.1, 0.15) is 5.56 Å². The zero-order valence-electron chi connectivity index (χ0n) is 16.2. The molecule has 0 bridgehead atoms. The van der Waals surface area contributed by atoms with E-state index in [-0.39, 0.29) is 9.99 Å². The Labute approximate surface area is 171 Å². The molecule has 0 saturated carbocycles. The van der Waals surface area contributed by atoms with Gasteiger partial charge in [-0.05, 0) is 36.8 Å². The van der Waals surface area contributed by atoms with Crippen LogP contribution < -0.4 is 4.90 Å². The van der Waals surface area contributed by atoms with E-state index in [1.807, 2.05) is 79.5 Å². The summed E-state index contributed by atoms with van der Waals surface area (Å²) in [5.41, 5.74) is 3.51. The highest BCUT2D eigenvalue weighted by atomic mass is 32.2. The number of aryl methyl sites for hydroxylation is 1. The summed E-state index contributed by atoms with van der Waals surface area (Å²) >= 11 is 0. The van der Waals surface area contributed by atoms with Gasteiger partial charge in [0.1, 0.15) is 0 Å². The number of anilines is 2. The molecule has 0 atom stereocenters. The lowest BCUT2D eigenvalue weighted by Gasteiger charge is -2.18. The molecule has 0 radical (unpaired) electrons. The number of furan rings is 1. The second kappa shape index (κ2) is 7.60. The van der Waals surface area contributed by atoms with Crippen molar-refractivity contribution in [1.82, 2.24) is 0 Å². The fourth-order valence-corrected chi connectivity index (χ4v) is 4.36. The van der Waals surface area contributed by atoms with Gasteiger partial charge in [0, 0.05) is 24.4 Å². The number of hydrogen-bond acceptors (Lipinski definition) is 4. The van der Waals surface area contributed by atoms with Crippen molar-refractivity contribution in [2.24, 2.45) is 0 Å². The van der Waals surface area contributed by atoms with Crippen molar-refractivity contribution in [3.63, 3.8) is 0 Å². The Hall–Kier alpha value is -3.31. The smallest absolute Gasteiger partial charge is 0.239 e. The molecule has 1 aromatic heterocycles. The molecule has 0 amide bonds. The van der Waals surface area contributed by atoms with Crippen LogP contribution in [0.3, 0.4) is 0 Å². The zero-order valence-corrected chi connectivity index (χ0v) is 17.1. The molecule has 146 valence electrons. The number of sulfone groups is 1. The van der Waals surface area contributed by atoms with Crippen molar-refractivity contribution in [1.29, 1.82) is 0 Å². The Kier molecular flexibility index (Phi) is 4.99. The Bertz CT molecular complexity index is 1210. The summed E-state index contributed by atoms with van der Waals surface area (Å²) in [7, 11) is -1.91. The van der Waals surface area contributed by atoms with E-state index in [0.717, 1.165) is 22.4 Å². The standard InChI is InChI=1S/C24H21NO3S/c1-18-13-15-21(16-14-18)29(26,27)23-17-22(19-9-5-3-6-10-19)24(28-23)25(2)20-11-7-4-8-12-20/h3-17H,1-2H3. The van der Waals surface area contributed by atoms with Gasteiger partial charge in [0.25, 0.3) is 0 Å². The number of para-hydroxylation sites is 1. The maximum atomic E-state index is 13.2. The number of hydrogen-bond donors (Lipinski definition) is 0. The van der Waals surface area contributed by atoms with E-state index in [9.17, 15) is 8.42 Å². The highest BCUT2D eigenvalue weighted by molar-refractivity contribution is 7.91. The van der Waals surface area contributed by atoms with Crippen LogP contribution in [-0.4, -0.2) is 15.5 Å². The summed E-state index contributed by atoms with van der Waals surface area (Å²) in [6.45, 7) is 1.92. The van der Waals surface area contributed by atoms with E-state index >= 15 is 0 Å². The first-order chi connectivity index (χ1) is 14.0. The molecule has 1 heterocycles. The topological polar surface area (TPSA) is 50.5 Å². The van der Waals surface area contributed by atoms with Gasteiger partial charge in [-0.2, -0.15) is 0 Å². The fourth-order valence-electron chi connectivity index (χ4n) is 3.17. The third-order valence-electron chi connectivity index (χ3n) is 4.82. The number of rotatable bonds is 5. The first-order valence-corrected chi connectivity index (χ1v) is 10.7. The molecule has 0 unspecified atom stereocenters. The monoisotopic (exact) mass is 403 g/mol. The van der Waals surface area contributed by atoms with Crippen molar-refractivity contribution in [2.45, 2.75) is 16.9 Å². The molecule has 3 aromatic carbocycles. The lowest BCUT2D eigenvalue weighted by Crippen LogP contribution is -2.09. The summed E-state index contributed by atoms with van der Waals surface area (Å²) < 4.78 is 32.4. The van der Waals surface area contributed by atoms with Gasteiger partial charge >= 0.3 is 0 Å². The van der Waals surface area contributed by atoms with Crippen LogP contribution in [0.4, 0.5) is 11.6 Å². The second-order valence-electron chi connectivity index (χ2n) is 6.86. The van der Waals surface area contributed by atoms with Gasteiger partial charge in [-0.1, -0.05) is 66.2 Å². The largest absolute Gasteiger partial charge is 0.428 e. The normalized spacial score (nSPS) is 11.4. The SMILES string of the molecule is Cc1ccc(S(=O)(=O)c2cc(-c3ccccc3)c(N(C)c3ccccc3)o2)cc1. The van der Waals surface area contributed by atoms with Gasteiger partial charge < -0.3 is 9.32 Å². The molecule has 4 rings (SSSR count). The Morgan fingerprint density at radius 1 is 0.793 bits per heavy atom. The Balaban J connectivity index is 1.87. The first-order valence-electron chi connectivity index (χ1n) is 9.26. The van der Waals surface area contributed by atoms with Crippen molar-refractivity contribution in [3.05, 3.63) is 96.6 Å². The van der Waals surface area contributed by atoms with Crippen LogP contribution in [0.25, 0.3) is 11.1 Å². The van der Waals surface area contributed by atoms with E-state index < -0.39 is 9.84 Å². The van der Waals surface area contributed by atoms with Gasteiger partial charge in [-0.15, -0.1) is 0 Å². The quantitative estimate of drug-likeness (QED) is 0.419.